The minimum Gasteiger partial charge on any atom is -0.334 e. The van der Waals surface area contributed by atoms with Crippen molar-refractivity contribution in [3.63, 3.8) is 0 Å². The van der Waals surface area contributed by atoms with Crippen molar-refractivity contribution in [1.29, 1.82) is 0 Å². The molecular weight excluding hydrogens is 216 g/mol. The molecule has 1 aliphatic carbocycles. The number of nitrogens with zero attached hydrogens (tertiary/aromatic N) is 2. The van der Waals surface area contributed by atoms with Crippen LogP contribution in [0.5, 0.6) is 0 Å². The van der Waals surface area contributed by atoms with E-state index in [1.165, 1.54) is 25.3 Å². The van der Waals surface area contributed by atoms with Gasteiger partial charge in [-0.05, 0) is 12.8 Å². The number of aliphatic imine (C=N–C) groups is 1. The molecule has 4 nitrogen and oxygen atoms in total. The Balaban J connectivity index is 2.23. The maximum Gasteiger partial charge on any atom is 0.280 e. The molecule has 1 aromatic rings. The summed E-state index contributed by atoms with van der Waals surface area (Å²) in [6, 6.07) is 0. The molecule has 1 saturated carbocycles. The molecular formula is C10H11ClN2O2. The molecule has 0 N–H and O–H groups in total. The fraction of sp³-hybridized carbons (Fsp3) is 0.600. The van der Waals surface area contributed by atoms with Gasteiger partial charge in [0.2, 0.25) is 6.08 Å². The Bertz CT molecular complexity index is 390. The average Bonchev–Trinajstić information content (AvgIpc) is 2.63. The van der Waals surface area contributed by atoms with E-state index in [-0.39, 0.29) is 5.88 Å². The highest BCUT2D eigenvalue weighted by Gasteiger charge is 2.24. The summed E-state index contributed by atoms with van der Waals surface area (Å²) in [6.45, 7) is 0. The van der Waals surface area contributed by atoms with E-state index in [9.17, 15) is 4.79 Å². The molecule has 0 unspecified atom stereocenters. The Morgan fingerprint density at radius 1 is 1.40 bits per heavy atom. The van der Waals surface area contributed by atoms with Crippen molar-refractivity contribution in [3.8, 4) is 0 Å². The summed E-state index contributed by atoms with van der Waals surface area (Å²) < 4.78 is 4.88. The lowest BCUT2D eigenvalue weighted by molar-refractivity contribution is 0.385. The van der Waals surface area contributed by atoms with Gasteiger partial charge in [0.15, 0.2) is 0 Å². The molecule has 0 radical (unpaired) electrons. The topological polar surface area (TPSA) is 55.5 Å². The number of carbonyl (C=O) groups excluding carboxylic acids is 1. The van der Waals surface area contributed by atoms with E-state index in [1.807, 2.05) is 0 Å². The molecule has 1 fully saturated rings. The lowest BCUT2D eigenvalue weighted by Gasteiger charge is -2.18. The van der Waals surface area contributed by atoms with Gasteiger partial charge < -0.3 is 4.52 Å². The molecule has 0 atom stereocenters. The fourth-order valence-corrected chi connectivity index (χ4v) is 2.29. The van der Waals surface area contributed by atoms with Crippen LogP contribution in [0, 0.1) is 0 Å². The summed E-state index contributed by atoms with van der Waals surface area (Å²) >= 11 is 6.01. The molecule has 0 amide bonds. The van der Waals surface area contributed by atoms with Crippen molar-refractivity contribution in [1.82, 2.24) is 5.16 Å². The Hall–Kier alpha value is -1.12. The summed E-state index contributed by atoms with van der Waals surface area (Å²) in [5, 5.41) is 4.24. The lowest BCUT2D eigenvalue weighted by atomic mass is 9.87. The van der Waals surface area contributed by atoms with Crippen molar-refractivity contribution >= 4 is 23.6 Å². The van der Waals surface area contributed by atoms with Gasteiger partial charge >= 0.3 is 0 Å². The second kappa shape index (κ2) is 4.60. The third-order valence-corrected chi connectivity index (χ3v) is 3.14. The average molecular weight is 227 g/mol. The van der Waals surface area contributed by atoms with Gasteiger partial charge in [-0.2, -0.15) is 0 Å². The van der Waals surface area contributed by atoms with Gasteiger partial charge in [-0.25, -0.2) is 4.79 Å². The zero-order valence-electron chi connectivity index (χ0n) is 8.20. The van der Waals surface area contributed by atoms with Crippen molar-refractivity contribution in [2.45, 2.75) is 38.0 Å². The molecule has 80 valence electrons. The maximum absolute atomic E-state index is 10.1. The second-order valence-electron chi connectivity index (χ2n) is 3.72. The van der Waals surface area contributed by atoms with Crippen LogP contribution in [0.25, 0.3) is 0 Å². The van der Waals surface area contributed by atoms with E-state index in [4.69, 9.17) is 16.1 Å². The summed E-state index contributed by atoms with van der Waals surface area (Å²) in [5.41, 5.74) is 0.741. The van der Waals surface area contributed by atoms with Gasteiger partial charge in [0.05, 0.1) is 0 Å². The van der Waals surface area contributed by atoms with E-state index >= 15 is 0 Å². The van der Waals surface area contributed by atoms with Crippen LogP contribution < -0.4 is 0 Å². The monoisotopic (exact) mass is 226 g/mol. The number of rotatable bonds is 2. The van der Waals surface area contributed by atoms with Gasteiger partial charge in [-0.15, -0.1) is 4.99 Å². The first-order valence-electron chi connectivity index (χ1n) is 5.06. The standard InChI is InChI=1S/C10H11ClN2O2/c11-8-9(7-4-2-1-3-5-7)13-15-10(8)12-6-14/h7H,1-5H2. The van der Waals surface area contributed by atoms with Crippen molar-refractivity contribution in [3.05, 3.63) is 10.7 Å². The van der Waals surface area contributed by atoms with Gasteiger partial charge in [0.1, 0.15) is 10.7 Å². The van der Waals surface area contributed by atoms with E-state index in [0.717, 1.165) is 18.5 Å². The van der Waals surface area contributed by atoms with Crippen LogP contribution in [-0.4, -0.2) is 11.2 Å². The summed E-state index contributed by atoms with van der Waals surface area (Å²) in [5.74, 6) is 0.429. The number of hydrogen-bond acceptors (Lipinski definition) is 4. The van der Waals surface area contributed by atoms with Gasteiger partial charge in [0.25, 0.3) is 5.88 Å². The molecule has 15 heavy (non-hydrogen) atoms. The van der Waals surface area contributed by atoms with Gasteiger partial charge in [-0.1, -0.05) is 36.0 Å². The lowest BCUT2D eigenvalue weighted by Crippen LogP contribution is -2.05. The summed E-state index contributed by atoms with van der Waals surface area (Å²) in [4.78, 5) is 13.4. The summed E-state index contributed by atoms with van der Waals surface area (Å²) in [6.07, 6.45) is 7.22. The number of aromatic nitrogens is 1. The first-order valence-corrected chi connectivity index (χ1v) is 5.43. The summed E-state index contributed by atoms with van der Waals surface area (Å²) in [7, 11) is 0. The van der Waals surface area contributed by atoms with Gasteiger partial charge in [-0.3, -0.25) is 0 Å². The van der Waals surface area contributed by atoms with Crippen LogP contribution in [0.1, 0.15) is 43.7 Å². The molecule has 1 aromatic heterocycles. The predicted octanol–water partition coefficient (Wildman–Crippen LogP) is 3.34. The van der Waals surface area contributed by atoms with Gasteiger partial charge in [0, 0.05) is 5.92 Å². The SMILES string of the molecule is O=C=Nc1onc(C2CCCCC2)c1Cl. The van der Waals surface area contributed by atoms with E-state index in [2.05, 4.69) is 10.1 Å². The van der Waals surface area contributed by atoms with Crippen molar-refractivity contribution in [2.75, 3.05) is 0 Å². The van der Waals surface area contributed by atoms with Crippen molar-refractivity contribution < 1.29 is 9.32 Å². The molecule has 1 aliphatic rings. The highest BCUT2D eigenvalue weighted by atomic mass is 35.5. The number of isocyanates is 1. The third-order valence-electron chi connectivity index (χ3n) is 2.78. The minimum absolute atomic E-state index is 0.0761. The Morgan fingerprint density at radius 2 is 2.13 bits per heavy atom. The normalized spacial score (nSPS) is 17.4. The van der Waals surface area contributed by atoms with Crippen LogP contribution in [0.15, 0.2) is 9.52 Å². The Labute approximate surface area is 92.3 Å². The van der Waals surface area contributed by atoms with Crippen molar-refractivity contribution in [2.24, 2.45) is 4.99 Å². The highest BCUT2D eigenvalue weighted by Crippen LogP contribution is 2.39. The molecule has 2 rings (SSSR count). The second-order valence-corrected chi connectivity index (χ2v) is 4.10. The Morgan fingerprint density at radius 3 is 2.80 bits per heavy atom. The number of hydrogen-bond donors (Lipinski definition) is 0. The first-order chi connectivity index (χ1) is 7.33. The maximum atomic E-state index is 10.1. The molecule has 0 saturated heterocycles. The highest BCUT2D eigenvalue weighted by molar-refractivity contribution is 6.33. The van der Waals surface area contributed by atoms with Crippen LogP contribution in [0.4, 0.5) is 5.88 Å². The van der Waals surface area contributed by atoms with E-state index in [0.29, 0.717) is 10.9 Å². The van der Waals surface area contributed by atoms with E-state index < -0.39 is 0 Å². The Kier molecular flexibility index (Phi) is 3.19. The zero-order chi connectivity index (χ0) is 10.7. The molecule has 0 aromatic carbocycles. The molecule has 0 spiro atoms. The fourth-order valence-electron chi connectivity index (χ4n) is 2.02. The minimum atomic E-state index is 0.0761. The first kappa shape index (κ1) is 10.4. The largest absolute Gasteiger partial charge is 0.334 e. The van der Waals surface area contributed by atoms with Crippen LogP contribution >= 0.6 is 11.6 Å². The molecule has 0 bridgehead atoms. The molecule has 5 heteroatoms. The quantitative estimate of drug-likeness (QED) is 0.574. The van der Waals surface area contributed by atoms with Crippen LogP contribution in [0.3, 0.4) is 0 Å². The zero-order valence-corrected chi connectivity index (χ0v) is 8.96. The van der Waals surface area contributed by atoms with Crippen LogP contribution in [-0.2, 0) is 4.79 Å². The third kappa shape index (κ3) is 2.11. The smallest absolute Gasteiger partial charge is 0.280 e. The predicted molar refractivity (Wildman–Crippen MR) is 55.1 cm³/mol. The van der Waals surface area contributed by atoms with E-state index in [1.54, 1.807) is 0 Å². The van der Waals surface area contributed by atoms with Crippen LogP contribution in [0.2, 0.25) is 5.02 Å². The molecule has 0 aliphatic heterocycles. The number of halogens is 1. The molecule has 1 heterocycles.